The minimum Gasteiger partial charge on any atom is -0.407 e. The molecule has 0 saturated heterocycles. The van der Waals surface area contributed by atoms with Crippen molar-refractivity contribution in [2.45, 2.75) is 46.1 Å². The highest BCUT2D eigenvalue weighted by Gasteiger charge is 2.50. The summed E-state index contributed by atoms with van der Waals surface area (Å²) >= 11 is 0. The van der Waals surface area contributed by atoms with Gasteiger partial charge in [-0.3, -0.25) is 0 Å². The quantitative estimate of drug-likeness (QED) is 0.705. The van der Waals surface area contributed by atoms with E-state index < -0.39 is 8.32 Å². The molecule has 2 atom stereocenters. The molecule has 0 heterocycles. The van der Waals surface area contributed by atoms with Crippen LogP contribution in [-0.4, -0.2) is 26.6 Å². The Kier molecular flexibility index (Phi) is 7.21. The molecule has 2 nitrogen and oxygen atoms in total. The first-order valence-corrected chi connectivity index (χ1v) is 11.6. The van der Waals surface area contributed by atoms with Crippen molar-refractivity contribution < 1.29 is 9.53 Å². The SMILES string of the molecule is C[C@H](CO)C[C@@H](C)CO[Si](c1ccccc1)(c1ccccc1)C(C)(C)C. The van der Waals surface area contributed by atoms with Gasteiger partial charge in [0.05, 0.1) is 0 Å². The molecule has 0 aliphatic carbocycles. The van der Waals surface area contributed by atoms with E-state index in [2.05, 4.69) is 95.3 Å². The van der Waals surface area contributed by atoms with Gasteiger partial charge in [-0.2, -0.15) is 0 Å². The molecule has 0 bridgehead atoms. The Hall–Kier alpha value is -1.42. The molecule has 0 aromatic heterocycles. The summed E-state index contributed by atoms with van der Waals surface area (Å²) in [5, 5.41) is 12.0. The summed E-state index contributed by atoms with van der Waals surface area (Å²) in [6.45, 7) is 12.2. The summed E-state index contributed by atoms with van der Waals surface area (Å²) in [4.78, 5) is 0. The first kappa shape index (κ1) is 20.9. The highest BCUT2D eigenvalue weighted by atomic mass is 28.4. The van der Waals surface area contributed by atoms with Gasteiger partial charge in [-0.15, -0.1) is 0 Å². The second-order valence-electron chi connectivity index (χ2n) is 8.60. The average Bonchev–Trinajstić information content (AvgIpc) is 2.62. The summed E-state index contributed by atoms with van der Waals surface area (Å²) in [6.07, 6.45) is 0.981. The number of benzene rings is 2. The van der Waals surface area contributed by atoms with Crippen molar-refractivity contribution in [3.63, 3.8) is 0 Å². The van der Waals surface area contributed by atoms with Gasteiger partial charge in [0.1, 0.15) is 0 Å². The lowest BCUT2D eigenvalue weighted by atomic mass is 9.99. The van der Waals surface area contributed by atoms with Crippen LogP contribution in [0.1, 0.15) is 41.0 Å². The summed E-state index contributed by atoms with van der Waals surface area (Å²) in [5.41, 5.74) is 0. The fraction of sp³-hybridized carbons (Fsp3) is 0.478. The zero-order chi connectivity index (χ0) is 19.2. The van der Waals surface area contributed by atoms with Crippen LogP contribution in [0, 0.1) is 11.8 Å². The summed E-state index contributed by atoms with van der Waals surface area (Å²) in [7, 11) is -2.44. The first-order valence-electron chi connectivity index (χ1n) is 9.67. The molecule has 0 saturated carbocycles. The van der Waals surface area contributed by atoms with Crippen LogP contribution < -0.4 is 10.4 Å². The molecule has 0 amide bonds. The fourth-order valence-corrected chi connectivity index (χ4v) is 8.55. The summed E-state index contributed by atoms with van der Waals surface area (Å²) < 4.78 is 6.93. The molecule has 0 radical (unpaired) electrons. The standard InChI is InChI=1S/C23H34O2Si/c1-19(17-24)16-20(2)18-25-26(23(3,4)5,21-12-8-6-9-13-21)22-14-10-7-11-15-22/h6-15,19-20,24H,16-18H2,1-5H3/t19-,20+/m0/s1. The van der Waals surface area contributed by atoms with Crippen LogP contribution in [0.25, 0.3) is 0 Å². The molecule has 0 aliphatic heterocycles. The highest BCUT2D eigenvalue weighted by molar-refractivity contribution is 6.99. The molecule has 2 aromatic carbocycles. The Morgan fingerprint density at radius 3 is 1.69 bits per heavy atom. The van der Waals surface area contributed by atoms with E-state index in [1.54, 1.807) is 0 Å². The van der Waals surface area contributed by atoms with Crippen LogP contribution in [0.2, 0.25) is 5.04 Å². The van der Waals surface area contributed by atoms with E-state index in [1.807, 2.05) is 0 Å². The maximum atomic E-state index is 9.36. The van der Waals surface area contributed by atoms with Gasteiger partial charge in [0, 0.05) is 13.2 Å². The predicted molar refractivity (Wildman–Crippen MR) is 114 cm³/mol. The monoisotopic (exact) mass is 370 g/mol. The third-order valence-corrected chi connectivity index (χ3v) is 10.1. The topological polar surface area (TPSA) is 29.5 Å². The Bertz CT molecular complexity index is 609. The maximum Gasteiger partial charge on any atom is 0.261 e. The molecular weight excluding hydrogens is 336 g/mol. The molecular formula is C23H34O2Si. The van der Waals surface area contributed by atoms with Crippen molar-refractivity contribution in [1.29, 1.82) is 0 Å². The Morgan fingerprint density at radius 1 is 0.846 bits per heavy atom. The van der Waals surface area contributed by atoms with E-state index in [1.165, 1.54) is 10.4 Å². The molecule has 2 aromatic rings. The van der Waals surface area contributed by atoms with Gasteiger partial charge >= 0.3 is 0 Å². The van der Waals surface area contributed by atoms with Crippen LogP contribution in [0.5, 0.6) is 0 Å². The molecule has 0 spiro atoms. The van der Waals surface area contributed by atoms with Crippen molar-refractivity contribution >= 4 is 18.7 Å². The zero-order valence-electron chi connectivity index (χ0n) is 16.9. The largest absolute Gasteiger partial charge is 0.407 e. The van der Waals surface area contributed by atoms with E-state index in [-0.39, 0.29) is 11.6 Å². The smallest absolute Gasteiger partial charge is 0.261 e. The van der Waals surface area contributed by atoms with Crippen LogP contribution in [0.4, 0.5) is 0 Å². The molecule has 2 rings (SSSR count). The maximum absolute atomic E-state index is 9.36. The van der Waals surface area contributed by atoms with Gasteiger partial charge in [0.25, 0.3) is 8.32 Å². The minimum atomic E-state index is -2.44. The summed E-state index contributed by atoms with van der Waals surface area (Å²) in [6, 6.07) is 21.5. The molecule has 26 heavy (non-hydrogen) atoms. The second kappa shape index (κ2) is 8.98. The predicted octanol–water partition coefficient (Wildman–Crippen LogP) is 4.22. The van der Waals surface area contributed by atoms with Gasteiger partial charge in [-0.1, -0.05) is 95.3 Å². The van der Waals surface area contributed by atoms with E-state index in [9.17, 15) is 5.11 Å². The highest BCUT2D eigenvalue weighted by Crippen LogP contribution is 2.37. The van der Waals surface area contributed by atoms with E-state index in [4.69, 9.17) is 4.43 Å². The number of aliphatic hydroxyl groups excluding tert-OH is 1. The molecule has 0 fully saturated rings. The van der Waals surface area contributed by atoms with E-state index in [0.717, 1.165) is 13.0 Å². The number of hydrogen-bond donors (Lipinski definition) is 1. The Morgan fingerprint density at radius 2 is 1.31 bits per heavy atom. The molecule has 142 valence electrons. The van der Waals surface area contributed by atoms with Crippen LogP contribution in [0.15, 0.2) is 60.7 Å². The van der Waals surface area contributed by atoms with Gasteiger partial charge in [0.15, 0.2) is 0 Å². The van der Waals surface area contributed by atoms with Crippen LogP contribution in [0.3, 0.4) is 0 Å². The summed E-state index contributed by atoms with van der Waals surface area (Å²) in [5.74, 6) is 0.728. The molecule has 0 aliphatic rings. The zero-order valence-corrected chi connectivity index (χ0v) is 17.9. The van der Waals surface area contributed by atoms with Crippen molar-refractivity contribution in [3.8, 4) is 0 Å². The third-order valence-electron chi connectivity index (χ3n) is 5.12. The lowest BCUT2D eigenvalue weighted by Crippen LogP contribution is -2.66. The first-order chi connectivity index (χ1) is 12.3. The van der Waals surface area contributed by atoms with Crippen molar-refractivity contribution in [3.05, 3.63) is 60.7 Å². The van der Waals surface area contributed by atoms with Gasteiger partial charge in [-0.05, 0) is 33.7 Å². The number of rotatable bonds is 8. The number of hydrogen-bond acceptors (Lipinski definition) is 2. The van der Waals surface area contributed by atoms with Crippen LogP contribution in [-0.2, 0) is 4.43 Å². The number of aliphatic hydroxyl groups is 1. The Labute approximate surface area is 160 Å². The van der Waals surface area contributed by atoms with Gasteiger partial charge in [0.2, 0.25) is 0 Å². The van der Waals surface area contributed by atoms with Crippen molar-refractivity contribution in [1.82, 2.24) is 0 Å². The van der Waals surface area contributed by atoms with Crippen molar-refractivity contribution in [2.24, 2.45) is 11.8 Å². The second-order valence-corrected chi connectivity index (χ2v) is 12.9. The average molecular weight is 371 g/mol. The van der Waals surface area contributed by atoms with E-state index in [0.29, 0.717) is 11.8 Å². The van der Waals surface area contributed by atoms with Crippen LogP contribution >= 0.6 is 0 Å². The van der Waals surface area contributed by atoms with Gasteiger partial charge < -0.3 is 9.53 Å². The lowest BCUT2D eigenvalue weighted by molar-refractivity contribution is 0.181. The van der Waals surface area contributed by atoms with E-state index >= 15 is 0 Å². The minimum absolute atomic E-state index is 0.0119. The normalized spacial score (nSPS) is 14.8. The molecule has 0 unspecified atom stereocenters. The molecule has 3 heteroatoms. The fourth-order valence-electron chi connectivity index (χ4n) is 3.86. The van der Waals surface area contributed by atoms with Gasteiger partial charge in [-0.25, -0.2) is 0 Å². The Balaban J connectivity index is 2.44. The molecule has 1 N–H and O–H groups in total. The lowest BCUT2D eigenvalue weighted by Gasteiger charge is -2.43. The third kappa shape index (κ3) is 4.64. The van der Waals surface area contributed by atoms with Crippen molar-refractivity contribution in [2.75, 3.05) is 13.2 Å².